The van der Waals surface area contributed by atoms with Gasteiger partial charge in [0.1, 0.15) is 11.7 Å². The highest BCUT2D eigenvalue weighted by atomic mass is 16.6. The molecule has 5 aliphatic carbocycles. The summed E-state index contributed by atoms with van der Waals surface area (Å²) in [5.41, 5.74) is -2.35. The van der Waals surface area contributed by atoms with Gasteiger partial charge in [-0.25, -0.2) is 4.79 Å². The lowest BCUT2D eigenvalue weighted by Crippen LogP contribution is -2.61. The molecule has 31 heavy (non-hydrogen) atoms. The molecule has 0 aromatic heterocycles. The van der Waals surface area contributed by atoms with Gasteiger partial charge >= 0.3 is 17.9 Å². The molecule has 5 saturated carbocycles. The maximum atomic E-state index is 13.3. The second kappa shape index (κ2) is 6.80. The van der Waals surface area contributed by atoms with Gasteiger partial charge < -0.3 is 19.3 Å². The molecule has 0 radical (unpaired) electrons. The van der Waals surface area contributed by atoms with E-state index in [-0.39, 0.29) is 36.2 Å². The number of hydrogen-bond acceptors (Lipinski definition) is 7. The monoisotopic (exact) mass is 432 g/mol. The summed E-state index contributed by atoms with van der Waals surface area (Å²) >= 11 is 0. The normalized spacial score (nSPS) is 47.1. The second-order valence-corrected chi connectivity index (χ2v) is 11.2. The van der Waals surface area contributed by atoms with Crippen LogP contribution in [-0.4, -0.2) is 45.9 Å². The van der Waals surface area contributed by atoms with Crippen molar-refractivity contribution in [2.24, 2.45) is 23.7 Å². The Hall–Kier alpha value is -1.89. The van der Waals surface area contributed by atoms with E-state index in [1.54, 1.807) is 6.92 Å². The van der Waals surface area contributed by atoms with Crippen molar-refractivity contribution in [3.63, 3.8) is 0 Å². The van der Waals surface area contributed by atoms with Gasteiger partial charge in [-0.3, -0.25) is 9.59 Å². The molecule has 1 saturated heterocycles. The van der Waals surface area contributed by atoms with Crippen molar-refractivity contribution in [2.45, 2.75) is 94.5 Å². The Morgan fingerprint density at radius 3 is 2.42 bits per heavy atom. The minimum Gasteiger partial charge on any atom is -0.459 e. The molecule has 6 atom stereocenters. The summed E-state index contributed by atoms with van der Waals surface area (Å²) in [6, 6.07) is 0. The van der Waals surface area contributed by atoms with Crippen LogP contribution in [-0.2, 0) is 28.6 Å². The van der Waals surface area contributed by atoms with Gasteiger partial charge in [-0.15, -0.1) is 0 Å². The first-order valence-corrected chi connectivity index (χ1v) is 11.5. The van der Waals surface area contributed by atoms with Gasteiger partial charge in [0, 0.05) is 17.9 Å². The van der Waals surface area contributed by atoms with E-state index < -0.39 is 34.8 Å². The van der Waals surface area contributed by atoms with E-state index in [4.69, 9.17) is 14.2 Å². The first kappa shape index (κ1) is 21.0. The molecule has 1 N–H and O–H groups in total. The maximum Gasteiger partial charge on any atom is 0.333 e. The number of rotatable bonds is 5. The topological polar surface area (TPSA) is 99.1 Å². The van der Waals surface area contributed by atoms with Crippen molar-refractivity contribution < 1.29 is 33.7 Å². The van der Waals surface area contributed by atoms with E-state index in [0.29, 0.717) is 24.7 Å². The molecule has 6 rings (SSSR count). The zero-order valence-corrected chi connectivity index (χ0v) is 18.4. The summed E-state index contributed by atoms with van der Waals surface area (Å²) in [5.74, 6) is -0.881. The van der Waals surface area contributed by atoms with Crippen LogP contribution < -0.4 is 0 Å². The van der Waals surface area contributed by atoms with Crippen LogP contribution in [0.1, 0.15) is 71.6 Å². The number of aliphatic hydroxyl groups is 1. The van der Waals surface area contributed by atoms with Crippen LogP contribution in [0.3, 0.4) is 0 Å². The lowest BCUT2D eigenvalue weighted by Gasteiger charge is -2.59. The van der Waals surface area contributed by atoms with Crippen LogP contribution in [0.4, 0.5) is 0 Å². The predicted octanol–water partition coefficient (Wildman–Crippen LogP) is 2.83. The van der Waals surface area contributed by atoms with Crippen LogP contribution in [0, 0.1) is 23.7 Å². The second-order valence-electron chi connectivity index (χ2n) is 11.2. The number of esters is 3. The Morgan fingerprint density at radius 2 is 1.84 bits per heavy atom. The van der Waals surface area contributed by atoms with Gasteiger partial charge in [0.25, 0.3) is 0 Å². The van der Waals surface area contributed by atoms with Crippen LogP contribution in [0.25, 0.3) is 0 Å². The van der Waals surface area contributed by atoms with Crippen LogP contribution in [0.15, 0.2) is 12.2 Å². The zero-order chi connectivity index (χ0) is 22.2. The zero-order valence-electron chi connectivity index (χ0n) is 18.4. The molecule has 170 valence electrons. The van der Waals surface area contributed by atoms with Gasteiger partial charge in [-0.1, -0.05) is 13.5 Å². The molecule has 0 spiro atoms. The summed E-state index contributed by atoms with van der Waals surface area (Å²) in [7, 11) is 0. The fourth-order valence-corrected chi connectivity index (χ4v) is 7.78. The van der Waals surface area contributed by atoms with Gasteiger partial charge in [0.05, 0.1) is 18.4 Å². The van der Waals surface area contributed by atoms with E-state index in [9.17, 15) is 19.5 Å². The maximum absolute atomic E-state index is 13.3. The van der Waals surface area contributed by atoms with E-state index in [1.165, 1.54) is 0 Å². The average molecular weight is 433 g/mol. The van der Waals surface area contributed by atoms with E-state index in [2.05, 4.69) is 6.58 Å². The highest BCUT2D eigenvalue weighted by molar-refractivity contribution is 5.88. The molecule has 6 fully saturated rings. The largest absolute Gasteiger partial charge is 0.459 e. The van der Waals surface area contributed by atoms with Crippen molar-refractivity contribution in [3.8, 4) is 0 Å². The SMILES string of the molecule is C=C(C)C(=O)OC1(CC(=O)OC23CC4CC(CC(O)(C4)C2)C3)C2CC(=O)OC1C(C)C2. The third kappa shape index (κ3) is 3.40. The smallest absolute Gasteiger partial charge is 0.333 e. The molecule has 0 aromatic rings. The van der Waals surface area contributed by atoms with Gasteiger partial charge in [0.15, 0.2) is 5.60 Å². The minimum atomic E-state index is -1.22. The lowest BCUT2D eigenvalue weighted by molar-refractivity contribution is -0.229. The number of hydrogen-bond donors (Lipinski definition) is 1. The van der Waals surface area contributed by atoms with Crippen LogP contribution in [0.2, 0.25) is 0 Å². The number of fused-ring (bicyclic) bond motifs is 2. The third-order valence-electron chi connectivity index (χ3n) is 8.38. The Bertz CT molecular complexity index is 833. The molecular weight excluding hydrogens is 400 g/mol. The number of ether oxygens (including phenoxy) is 3. The number of carbonyl (C=O) groups excluding carboxylic acids is 3. The highest BCUT2D eigenvalue weighted by Gasteiger charge is 2.64. The Kier molecular flexibility index (Phi) is 4.60. The average Bonchev–Trinajstić information content (AvgIpc) is 2.74. The Labute approximate surface area is 182 Å². The fraction of sp³-hybridized carbons (Fsp3) is 0.792. The molecule has 6 unspecified atom stereocenters. The van der Waals surface area contributed by atoms with E-state index in [1.807, 2.05) is 6.92 Å². The quantitative estimate of drug-likeness (QED) is 0.405. The molecular formula is C24H32O7. The van der Waals surface area contributed by atoms with Gasteiger partial charge in [-0.2, -0.15) is 0 Å². The molecule has 1 heterocycles. The first-order valence-electron chi connectivity index (χ1n) is 11.5. The summed E-state index contributed by atoms with van der Waals surface area (Å²) in [6.45, 7) is 7.17. The van der Waals surface area contributed by atoms with Gasteiger partial charge in [-0.05, 0) is 63.2 Å². The predicted molar refractivity (Wildman–Crippen MR) is 108 cm³/mol. The minimum absolute atomic E-state index is 0.0255. The van der Waals surface area contributed by atoms with Crippen molar-refractivity contribution in [1.29, 1.82) is 0 Å². The molecule has 6 bridgehead atoms. The summed E-state index contributed by atoms with van der Waals surface area (Å²) in [6.07, 6.45) is 4.68. The first-order chi connectivity index (χ1) is 14.5. The highest BCUT2D eigenvalue weighted by Crippen LogP contribution is 2.59. The standard InChI is InChI=1S/C24H32O7/c1-13(2)21(27)31-24(17-4-14(3)20(24)29-18(25)6-17)11-19(26)30-23-9-15-5-16(10-23)8-22(28,7-15)12-23/h14-17,20,28H,1,4-12H2,2-3H3. The Morgan fingerprint density at radius 1 is 1.16 bits per heavy atom. The third-order valence-corrected chi connectivity index (χ3v) is 8.38. The van der Waals surface area contributed by atoms with Crippen LogP contribution in [0.5, 0.6) is 0 Å². The van der Waals surface area contributed by atoms with Crippen molar-refractivity contribution >= 4 is 17.9 Å². The summed E-state index contributed by atoms with van der Waals surface area (Å²) < 4.78 is 17.6. The molecule has 6 aliphatic rings. The van der Waals surface area contributed by atoms with Gasteiger partial charge in [0.2, 0.25) is 0 Å². The molecule has 0 aromatic carbocycles. The Balaban J connectivity index is 1.39. The van der Waals surface area contributed by atoms with Crippen molar-refractivity contribution in [2.75, 3.05) is 0 Å². The van der Waals surface area contributed by atoms with Crippen LogP contribution >= 0.6 is 0 Å². The molecule has 0 amide bonds. The molecule has 7 heteroatoms. The summed E-state index contributed by atoms with van der Waals surface area (Å²) in [5, 5.41) is 11.0. The fourth-order valence-electron chi connectivity index (χ4n) is 7.78. The molecule has 1 aliphatic heterocycles. The summed E-state index contributed by atoms with van der Waals surface area (Å²) in [4.78, 5) is 37.9. The lowest BCUT2D eigenvalue weighted by atomic mass is 9.52. The van der Waals surface area contributed by atoms with Crippen molar-refractivity contribution in [1.82, 2.24) is 0 Å². The van der Waals surface area contributed by atoms with E-state index in [0.717, 1.165) is 32.1 Å². The molecule has 7 nitrogen and oxygen atoms in total. The number of carbonyl (C=O) groups is 3. The van der Waals surface area contributed by atoms with Crippen molar-refractivity contribution in [3.05, 3.63) is 12.2 Å². The van der Waals surface area contributed by atoms with E-state index >= 15 is 0 Å².